The maximum Gasteiger partial charge on any atom is 0.191 e. The Balaban J connectivity index is 0.00000243. The van der Waals surface area contributed by atoms with Gasteiger partial charge < -0.3 is 15.4 Å². The second-order valence-electron chi connectivity index (χ2n) is 6.95. The van der Waals surface area contributed by atoms with Gasteiger partial charge in [0.25, 0.3) is 0 Å². The molecule has 0 radical (unpaired) electrons. The minimum atomic E-state index is 0. The van der Waals surface area contributed by atoms with Gasteiger partial charge in [0.15, 0.2) is 5.96 Å². The number of hydrogen-bond donors (Lipinski definition) is 2. The molecule has 2 N–H and O–H groups in total. The van der Waals surface area contributed by atoms with Gasteiger partial charge in [0.05, 0.1) is 0 Å². The minimum absolute atomic E-state index is 0. The average molecular weight is 492 g/mol. The number of ether oxygens (including phenoxy) is 1. The first-order chi connectivity index (χ1) is 12.3. The predicted octanol–water partition coefficient (Wildman–Crippen LogP) is 3.10. The van der Waals surface area contributed by atoms with Crippen molar-refractivity contribution in [2.75, 3.05) is 45.9 Å². The first-order valence-corrected chi connectivity index (χ1v) is 10.6. The van der Waals surface area contributed by atoms with E-state index in [-0.39, 0.29) is 24.0 Å². The third kappa shape index (κ3) is 7.70. The molecule has 5 nitrogen and oxygen atoms in total. The molecule has 0 unspecified atom stereocenters. The molecule has 0 atom stereocenters. The number of nitrogens with zero attached hydrogens (tertiary/aromatic N) is 2. The van der Waals surface area contributed by atoms with Crippen molar-refractivity contribution >= 4 is 41.3 Å². The molecule has 1 saturated carbocycles. The molecule has 0 spiro atoms. The van der Waals surface area contributed by atoms with Crippen LogP contribution in [0.1, 0.15) is 36.6 Å². The summed E-state index contributed by atoms with van der Waals surface area (Å²) in [6, 6.07) is 2.27. The van der Waals surface area contributed by atoms with Crippen molar-refractivity contribution in [3.05, 3.63) is 21.9 Å². The molecule has 148 valence electrons. The zero-order chi connectivity index (χ0) is 17.3. The summed E-state index contributed by atoms with van der Waals surface area (Å²) < 4.78 is 5.67. The minimum Gasteiger partial charge on any atom is -0.381 e. The maximum atomic E-state index is 5.67. The van der Waals surface area contributed by atoms with E-state index in [0.29, 0.717) is 0 Å². The molecule has 2 aliphatic rings. The summed E-state index contributed by atoms with van der Waals surface area (Å²) in [7, 11) is 0. The number of guanidine groups is 1. The maximum absolute atomic E-state index is 5.67. The topological polar surface area (TPSA) is 48.9 Å². The van der Waals surface area contributed by atoms with Crippen LogP contribution in [0.5, 0.6) is 0 Å². The van der Waals surface area contributed by atoms with E-state index in [0.717, 1.165) is 64.2 Å². The fraction of sp³-hybridized carbons (Fsp3) is 0.737. The largest absolute Gasteiger partial charge is 0.381 e. The number of nitrogens with one attached hydrogen (secondary N) is 2. The Morgan fingerprint density at radius 3 is 3.08 bits per heavy atom. The summed E-state index contributed by atoms with van der Waals surface area (Å²) in [6.07, 6.45) is 4.91. The summed E-state index contributed by atoms with van der Waals surface area (Å²) >= 11 is 1.90. The summed E-state index contributed by atoms with van der Waals surface area (Å²) in [5, 5.41) is 9.02. The standard InChI is InChI=1S/C19H32N4OS.HI/c1-2-20-19(21-8-3-12-24-15-16-4-5-16)22-9-11-23-10-6-18-17(14-23)7-13-25-18;/h7,13,16H,2-6,8-12,14-15H2,1H3,(H2,20,21,22);1H. The van der Waals surface area contributed by atoms with Crippen LogP contribution in [0.25, 0.3) is 0 Å². The molecule has 26 heavy (non-hydrogen) atoms. The highest BCUT2D eigenvalue weighted by Crippen LogP contribution is 2.28. The molecular weight excluding hydrogens is 459 g/mol. The van der Waals surface area contributed by atoms with E-state index in [2.05, 4.69) is 38.9 Å². The number of aliphatic imine (C=N–C) groups is 1. The molecule has 1 aromatic heterocycles. The first kappa shape index (κ1) is 21.9. The molecule has 1 aliphatic heterocycles. The van der Waals surface area contributed by atoms with Gasteiger partial charge in [0.1, 0.15) is 0 Å². The zero-order valence-corrected chi connectivity index (χ0v) is 19.0. The van der Waals surface area contributed by atoms with Crippen LogP contribution in [0.2, 0.25) is 0 Å². The third-order valence-corrected chi connectivity index (χ3v) is 5.74. The SMILES string of the molecule is CCNC(=NCCCOCC1CC1)NCCN1CCc2sccc2C1.I. The molecular formula is C19H33IN4OS. The summed E-state index contributed by atoms with van der Waals surface area (Å²) in [5.74, 6) is 1.78. The van der Waals surface area contributed by atoms with E-state index >= 15 is 0 Å². The van der Waals surface area contributed by atoms with Crippen LogP contribution >= 0.6 is 35.3 Å². The van der Waals surface area contributed by atoms with Gasteiger partial charge in [-0.15, -0.1) is 35.3 Å². The Kier molecular flexibility index (Phi) is 10.2. The molecule has 3 rings (SSSR count). The fourth-order valence-corrected chi connectivity index (χ4v) is 3.95. The van der Waals surface area contributed by atoms with Crippen LogP contribution in [-0.2, 0) is 17.7 Å². The van der Waals surface area contributed by atoms with Gasteiger partial charge in [0.2, 0.25) is 0 Å². The highest BCUT2D eigenvalue weighted by molar-refractivity contribution is 14.0. The number of thiophene rings is 1. The van der Waals surface area contributed by atoms with Gasteiger partial charge in [-0.25, -0.2) is 0 Å². The molecule has 7 heteroatoms. The summed E-state index contributed by atoms with van der Waals surface area (Å²) in [5.41, 5.74) is 1.52. The Morgan fingerprint density at radius 1 is 1.38 bits per heavy atom. The number of halogens is 1. The van der Waals surface area contributed by atoms with Crippen LogP contribution in [-0.4, -0.2) is 56.8 Å². The lowest BCUT2D eigenvalue weighted by atomic mass is 10.1. The van der Waals surface area contributed by atoms with Gasteiger partial charge >= 0.3 is 0 Å². The van der Waals surface area contributed by atoms with Gasteiger partial charge in [0, 0.05) is 57.4 Å². The highest BCUT2D eigenvalue weighted by atomic mass is 127. The van der Waals surface area contributed by atoms with Crippen molar-refractivity contribution < 1.29 is 4.74 Å². The van der Waals surface area contributed by atoms with Crippen molar-refractivity contribution in [1.82, 2.24) is 15.5 Å². The van der Waals surface area contributed by atoms with E-state index in [1.54, 1.807) is 4.88 Å². The molecule has 2 heterocycles. The highest BCUT2D eigenvalue weighted by Gasteiger charge is 2.20. The molecule has 0 saturated heterocycles. The van der Waals surface area contributed by atoms with Crippen LogP contribution in [0.15, 0.2) is 16.4 Å². The Morgan fingerprint density at radius 2 is 2.27 bits per heavy atom. The summed E-state index contributed by atoms with van der Waals surface area (Å²) in [4.78, 5) is 8.75. The Labute approximate surface area is 179 Å². The van der Waals surface area contributed by atoms with E-state index in [9.17, 15) is 0 Å². The van der Waals surface area contributed by atoms with E-state index in [1.165, 1.54) is 31.4 Å². The first-order valence-electron chi connectivity index (χ1n) is 9.72. The zero-order valence-electron chi connectivity index (χ0n) is 15.8. The van der Waals surface area contributed by atoms with Crippen molar-refractivity contribution in [3.8, 4) is 0 Å². The quantitative estimate of drug-likeness (QED) is 0.228. The van der Waals surface area contributed by atoms with Crippen molar-refractivity contribution in [2.24, 2.45) is 10.9 Å². The van der Waals surface area contributed by atoms with E-state index in [1.807, 2.05) is 11.3 Å². The number of rotatable bonds is 10. The molecule has 1 fully saturated rings. The van der Waals surface area contributed by atoms with Gasteiger partial charge in [-0.1, -0.05) is 0 Å². The Hall–Kier alpha value is -0.380. The third-order valence-electron chi connectivity index (χ3n) is 4.72. The molecule has 0 bridgehead atoms. The lowest BCUT2D eigenvalue weighted by molar-refractivity contribution is 0.123. The number of fused-ring (bicyclic) bond motifs is 1. The van der Waals surface area contributed by atoms with Crippen LogP contribution in [0.3, 0.4) is 0 Å². The Bertz CT molecular complexity index is 547. The van der Waals surface area contributed by atoms with E-state index in [4.69, 9.17) is 4.74 Å². The predicted molar refractivity (Wildman–Crippen MR) is 121 cm³/mol. The van der Waals surface area contributed by atoms with E-state index < -0.39 is 0 Å². The lowest BCUT2D eigenvalue weighted by Crippen LogP contribution is -2.42. The van der Waals surface area contributed by atoms with Gasteiger partial charge in [-0.3, -0.25) is 9.89 Å². The summed E-state index contributed by atoms with van der Waals surface area (Å²) in [6.45, 7) is 9.86. The second-order valence-corrected chi connectivity index (χ2v) is 7.96. The van der Waals surface area contributed by atoms with Crippen LogP contribution in [0, 0.1) is 5.92 Å². The molecule has 1 aromatic rings. The lowest BCUT2D eigenvalue weighted by Gasteiger charge is -2.27. The van der Waals surface area contributed by atoms with Crippen LogP contribution in [0.4, 0.5) is 0 Å². The average Bonchev–Trinajstić information content (AvgIpc) is 3.33. The van der Waals surface area contributed by atoms with Crippen molar-refractivity contribution in [3.63, 3.8) is 0 Å². The van der Waals surface area contributed by atoms with Crippen molar-refractivity contribution in [2.45, 2.75) is 39.2 Å². The second kappa shape index (κ2) is 12.2. The smallest absolute Gasteiger partial charge is 0.191 e. The monoisotopic (exact) mass is 492 g/mol. The normalized spacial score (nSPS) is 17.5. The molecule has 0 amide bonds. The van der Waals surface area contributed by atoms with Crippen molar-refractivity contribution in [1.29, 1.82) is 0 Å². The van der Waals surface area contributed by atoms with Gasteiger partial charge in [-0.2, -0.15) is 0 Å². The molecule has 0 aromatic carbocycles. The number of hydrogen-bond acceptors (Lipinski definition) is 4. The van der Waals surface area contributed by atoms with Gasteiger partial charge in [-0.05, 0) is 55.5 Å². The van der Waals surface area contributed by atoms with Crippen LogP contribution < -0.4 is 10.6 Å². The fourth-order valence-electron chi connectivity index (χ4n) is 3.06. The molecule has 1 aliphatic carbocycles.